The lowest BCUT2D eigenvalue weighted by atomic mass is 9.74. The highest BCUT2D eigenvalue weighted by Gasteiger charge is 2.49. The second kappa shape index (κ2) is 10.1. The Balaban J connectivity index is 1.33. The van der Waals surface area contributed by atoms with E-state index in [1.54, 1.807) is 19.0 Å². The fourth-order valence-electron chi connectivity index (χ4n) is 6.02. The zero-order valence-electron chi connectivity index (χ0n) is 20.9. The number of nitrogens with zero attached hydrogens (tertiary/aromatic N) is 3. The maximum atomic E-state index is 13.1. The van der Waals surface area contributed by atoms with E-state index in [1.807, 2.05) is 24.3 Å². The van der Waals surface area contributed by atoms with Crippen molar-refractivity contribution in [1.82, 2.24) is 14.7 Å². The maximum absolute atomic E-state index is 13.1. The quantitative estimate of drug-likeness (QED) is 0.718. The Kier molecular flexibility index (Phi) is 6.94. The molecule has 1 saturated carbocycles. The Morgan fingerprint density at radius 1 is 0.914 bits per heavy atom. The fourth-order valence-corrected chi connectivity index (χ4v) is 6.02. The van der Waals surface area contributed by atoms with Crippen molar-refractivity contribution in [2.75, 3.05) is 40.3 Å². The highest BCUT2D eigenvalue weighted by molar-refractivity contribution is 5.94. The van der Waals surface area contributed by atoms with Gasteiger partial charge in [-0.25, -0.2) is 0 Å². The molecule has 3 atom stereocenters. The van der Waals surface area contributed by atoms with Crippen LogP contribution in [-0.4, -0.2) is 84.0 Å². The van der Waals surface area contributed by atoms with Gasteiger partial charge in [-0.05, 0) is 61.1 Å². The van der Waals surface area contributed by atoms with Gasteiger partial charge in [0, 0.05) is 56.7 Å². The standard InChI is InChI=1S/C29H37N3O3/c1-30(2)28(34)24-14-10-21(11-15-24)20-8-12-22(13-9-20)27-25-18-31(29(35)23-6-5-7-23)16-3-4-17-32(25)26(27)19-33/h8-15,23,25-27,33H,3-7,16-19H2,1-2H3/t25-,26-,27-/m1/s1. The van der Waals surface area contributed by atoms with Crippen molar-refractivity contribution in [2.45, 2.75) is 50.1 Å². The Morgan fingerprint density at radius 3 is 2.11 bits per heavy atom. The van der Waals surface area contributed by atoms with Gasteiger partial charge in [-0.2, -0.15) is 0 Å². The van der Waals surface area contributed by atoms with E-state index in [0.717, 1.165) is 56.4 Å². The molecule has 1 N–H and O–H groups in total. The van der Waals surface area contributed by atoms with Crippen LogP contribution in [0.3, 0.4) is 0 Å². The summed E-state index contributed by atoms with van der Waals surface area (Å²) in [6.07, 6.45) is 5.36. The zero-order valence-corrected chi connectivity index (χ0v) is 20.9. The van der Waals surface area contributed by atoms with Crippen molar-refractivity contribution < 1.29 is 14.7 Å². The summed E-state index contributed by atoms with van der Waals surface area (Å²) in [5.74, 6) is 0.800. The minimum Gasteiger partial charge on any atom is -0.395 e. The van der Waals surface area contributed by atoms with Crippen LogP contribution in [0.5, 0.6) is 0 Å². The molecule has 5 rings (SSSR count). The lowest BCUT2D eigenvalue weighted by Gasteiger charge is -2.57. The minimum absolute atomic E-state index is 0.000477. The number of carbonyl (C=O) groups excluding carboxylic acids is 2. The average molecular weight is 476 g/mol. The molecule has 3 aliphatic rings. The number of aliphatic hydroxyl groups excluding tert-OH is 1. The highest BCUT2D eigenvalue weighted by Crippen LogP contribution is 2.43. The van der Waals surface area contributed by atoms with Gasteiger partial charge in [0.2, 0.25) is 5.91 Å². The van der Waals surface area contributed by atoms with Gasteiger partial charge in [-0.3, -0.25) is 14.5 Å². The Hall–Kier alpha value is -2.70. The van der Waals surface area contributed by atoms with Gasteiger partial charge in [0.1, 0.15) is 0 Å². The maximum Gasteiger partial charge on any atom is 0.253 e. The molecular weight excluding hydrogens is 438 g/mol. The van der Waals surface area contributed by atoms with Crippen molar-refractivity contribution in [2.24, 2.45) is 5.92 Å². The molecule has 2 aliphatic heterocycles. The number of carbonyl (C=O) groups is 2. The molecule has 0 unspecified atom stereocenters. The van der Waals surface area contributed by atoms with Crippen LogP contribution in [0.25, 0.3) is 11.1 Å². The van der Waals surface area contributed by atoms with Crippen LogP contribution in [0.15, 0.2) is 48.5 Å². The van der Waals surface area contributed by atoms with Gasteiger partial charge >= 0.3 is 0 Å². The third-order valence-electron chi connectivity index (χ3n) is 8.30. The summed E-state index contributed by atoms with van der Waals surface area (Å²) in [7, 11) is 3.52. The molecule has 6 nitrogen and oxygen atoms in total. The smallest absolute Gasteiger partial charge is 0.253 e. The summed E-state index contributed by atoms with van der Waals surface area (Å²) >= 11 is 0. The lowest BCUT2D eigenvalue weighted by molar-refractivity contribution is -0.143. The van der Waals surface area contributed by atoms with Crippen LogP contribution in [0.2, 0.25) is 0 Å². The molecular formula is C29H37N3O3. The number of hydrogen-bond acceptors (Lipinski definition) is 4. The summed E-state index contributed by atoms with van der Waals surface area (Å²) in [4.78, 5) is 31.4. The number of hydrogen-bond donors (Lipinski definition) is 1. The fraction of sp³-hybridized carbons (Fsp3) is 0.517. The van der Waals surface area contributed by atoms with Crippen LogP contribution >= 0.6 is 0 Å². The number of amides is 2. The van der Waals surface area contributed by atoms with Crippen LogP contribution in [0, 0.1) is 5.92 Å². The highest BCUT2D eigenvalue weighted by atomic mass is 16.3. The number of aliphatic hydroxyl groups is 1. The van der Waals surface area contributed by atoms with E-state index in [0.29, 0.717) is 11.5 Å². The number of benzene rings is 2. The molecule has 2 aromatic carbocycles. The van der Waals surface area contributed by atoms with E-state index in [1.165, 1.54) is 12.0 Å². The van der Waals surface area contributed by atoms with Crippen molar-refractivity contribution in [1.29, 1.82) is 0 Å². The summed E-state index contributed by atoms with van der Waals surface area (Å²) in [5.41, 5.74) is 4.09. The summed E-state index contributed by atoms with van der Waals surface area (Å²) in [5, 5.41) is 10.2. The van der Waals surface area contributed by atoms with E-state index in [4.69, 9.17) is 0 Å². The summed E-state index contributed by atoms with van der Waals surface area (Å²) in [6.45, 7) is 2.76. The predicted molar refractivity (Wildman–Crippen MR) is 137 cm³/mol. The first-order chi connectivity index (χ1) is 17.0. The van der Waals surface area contributed by atoms with Crippen LogP contribution in [0.1, 0.15) is 53.9 Å². The average Bonchev–Trinajstić information content (AvgIpc) is 2.82. The first-order valence-corrected chi connectivity index (χ1v) is 13.1. The van der Waals surface area contributed by atoms with Crippen molar-refractivity contribution in [3.63, 3.8) is 0 Å². The zero-order chi connectivity index (χ0) is 24.5. The van der Waals surface area contributed by atoms with Crippen molar-refractivity contribution >= 4 is 11.8 Å². The number of fused-ring (bicyclic) bond motifs is 1. The van der Waals surface area contributed by atoms with Gasteiger partial charge in [0.25, 0.3) is 5.91 Å². The number of rotatable bonds is 5. The third kappa shape index (κ3) is 4.62. The van der Waals surface area contributed by atoms with Gasteiger partial charge in [0.05, 0.1) is 6.61 Å². The van der Waals surface area contributed by atoms with E-state index >= 15 is 0 Å². The monoisotopic (exact) mass is 475 g/mol. The molecule has 2 saturated heterocycles. The van der Waals surface area contributed by atoms with E-state index in [9.17, 15) is 14.7 Å². The molecule has 35 heavy (non-hydrogen) atoms. The predicted octanol–water partition coefficient (Wildman–Crippen LogP) is 3.61. The molecule has 0 radical (unpaired) electrons. The van der Waals surface area contributed by atoms with Crippen molar-refractivity contribution in [3.8, 4) is 11.1 Å². The van der Waals surface area contributed by atoms with Gasteiger partial charge in [0.15, 0.2) is 0 Å². The molecule has 1 aliphatic carbocycles. The molecule has 2 amide bonds. The Labute approximate surface area is 208 Å². The van der Waals surface area contributed by atoms with Gasteiger partial charge in [-0.15, -0.1) is 0 Å². The largest absolute Gasteiger partial charge is 0.395 e. The van der Waals surface area contributed by atoms with Crippen LogP contribution < -0.4 is 0 Å². The Morgan fingerprint density at radius 2 is 1.54 bits per heavy atom. The minimum atomic E-state index is 0.000477. The van der Waals surface area contributed by atoms with E-state index < -0.39 is 0 Å². The molecule has 0 spiro atoms. The molecule has 0 aromatic heterocycles. The van der Waals surface area contributed by atoms with E-state index in [-0.39, 0.29) is 36.4 Å². The van der Waals surface area contributed by atoms with Crippen LogP contribution in [0.4, 0.5) is 0 Å². The Bertz CT molecular complexity index is 1050. The summed E-state index contributed by atoms with van der Waals surface area (Å²) < 4.78 is 0. The second-order valence-corrected chi connectivity index (χ2v) is 10.6. The molecule has 3 fully saturated rings. The SMILES string of the molecule is CN(C)C(=O)c1ccc(-c2ccc([C@H]3[C@@H](CO)N4CCCCN(C(=O)C5CCC5)C[C@H]34)cc2)cc1. The molecule has 2 heterocycles. The lowest BCUT2D eigenvalue weighted by Crippen LogP contribution is -2.68. The normalized spacial score (nSPS) is 25.0. The van der Waals surface area contributed by atoms with E-state index in [2.05, 4.69) is 34.1 Å². The van der Waals surface area contributed by atoms with Gasteiger partial charge < -0.3 is 14.9 Å². The summed E-state index contributed by atoms with van der Waals surface area (Å²) in [6, 6.07) is 16.7. The topological polar surface area (TPSA) is 64.1 Å². The van der Waals surface area contributed by atoms with Crippen molar-refractivity contribution in [3.05, 3.63) is 59.7 Å². The first-order valence-electron chi connectivity index (χ1n) is 13.1. The van der Waals surface area contributed by atoms with Crippen LogP contribution in [-0.2, 0) is 4.79 Å². The molecule has 6 heteroatoms. The third-order valence-corrected chi connectivity index (χ3v) is 8.30. The first kappa shape index (κ1) is 24.0. The second-order valence-electron chi connectivity index (χ2n) is 10.6. The molecule has 0 bridgehead atoms. The van der Waals surface area contributed by atoms with Gasteiger partial charge in [-0.1, -0.05) is 42.8 Å². The molecule has 2 aromatic rings. The molecule has 186 valence electrons.